The molecular formula is C30H35F3N2O. The van der Waals surface area contributed by atoms with Crippen molar-refractivity contribution in [2.45, 2.75) is 62.6 Å². The lowest BCUT2D eigenvalue weighted by atomic mass is 9.81. The third-order valence-corrected chi connectivity index (χ3v) is 9.41. The predicted octanol–water partition coefficient (Wildman–Crippen LogP) is 6.32. The molecule has 0 bridgehead atoms. The highest BCUT2D eigenvalue weighted by molar-refractivity contribution is 5.83. The lowest BCUT2D eigenvalue weighted by molar-refractivity contribution is -0.138. The molecule has 3 nitrogen and oxygen atoms in total. The highest BCUT2D eigenvalue weighted by atomic mass is 19.4. The molecule has 2 saturated heterocycles. The van der Waals surface area contributed by atoms with Crippen LogP contribution >= 0.6 is 0 Å². The van der Waals surface area contributed by atoms with Crippen molar-refractivity contribution in [3.63, 3.8) is 0 Å². The molecule has 192 valence electrons. The Kier molecular flexibility index (Phi) is 6.35. The first-order chi connectivity index (χ1) is 17.4. The fourth-order valence-electron chi connectivity index (χ4n) is 7.35. The van der Waals surface area contributed by atoms with E-state index >= 15 is 0 Å². The summed E-state index contributed by atoms with van der Waals surface area (Å²) in [6.07, 6.45) is 2.32. The van der Waals surface area contributed by atoms with Gasteiger partial charge in [-0.15, -0.1) is 0 Å². The molecule has 4 atom stereocenters. The number of piperidine rings is 2. The second-order valence-electron chi connectivity index (χ2n) is 11.5. The zero-order valence-corrected chi connectivity index (χ0v) is 20.7. The number of hydrogen-bond donors (Lipinski definition) is 0. The first-order valence-electron chi connectivity index (χ1n) is 13.6. The predicted molar refractivity (Wildman–Crippen MR) is 133 cm³/mol. The van der Waals surface area contributed by atoms with Crippen molar-refractivity contribution in [1.29, 1.82) is 0 Å². The smallest absolute Gasteiger partial charge is 0.342 e. The molecule has 2 heterocycles. The number of carbonyl (C=O) groups excluding carboxylic acids is 1. The van der Waals surface area contributed by atoms with E-state index in [-0.39, 0.29) is 17.7 Å². The fraction of sp³-hybridized carbons (Fsp3) is 0.567. The molecule has 2 aromatic carbocycles. The molecule has 0 radical (unpaired) electrons. The zero-order chi connectivity index (χ0) is 24.9. The topological polar surface area (TPSA) is 23.6 Å². The van der Waals surface area contributed by atoms with Gasteiger partial charge in [0.2, 0.25) is 5.91 Å². The van der Waals surface area contributed by atoms with Gasteiger partial charge < -0.3 is 4.90 Å². The highest BCUT2D eigenvalue weighted by Crippen LogP contribution is 2.54. The summed E-state index contributed by atoms with van der Waals surface area (Å²) in [6.45, 7) is 3.35. The van der Waals surface area contributed by atoms with Gasteiger partial charge in [-0.25, -0.2) is 0 Å². The van der Waals surface area contributed by atoms with E-state index in [1.165, 1.54) is 43.4 Å². The van der Waals surface area contributed by atoms with E-state index in [2.05, 4.69) is 35.2 Å². The Morgan fingerprint density at radius 1 is 0.778 bits per heavy atom. The average Bonchev–Trinajstić information content (AvgIpc) is 3.41. The number of fused-ring (bicyclic) bond motifs is 1. The van der Waals surface area contributed by atoms with E-state index in [0.717, 1.165) is 38.5 Å². The molecule has 36 heavy (non-hydrogen) atoms. The van der Waals surface area contributed by atoms with Crippen LogP contribution in [-0.2, 0) is 11.0 Å². The van der Waals surface area contributed by atoms with Crippen molar-refractivity contribution < 1.29 is 18.0 Å². The maximum absolute atomic E-state index is 13.4. The lowest BCUT2D eigenvalue weighted by Crippen LogP contribution is -2.43. The molecule has 2 saturated carbocycles. The Balaban J connectivity index is 1.01. The molecule has 0 spiro atoms. The van der Waals surface area contributed by atoms with Gasteiger partial charge in [-0.1, -0.05) is 48.5 Å². The normalized spacial score (nSPS) is 32.8. The maximum Gasteiger partial charge on any atom is 0.416 e. The first kappa shape index (κ1) is 24.0. The van der Waals surface area contributed by atoms with Crippen LogP contribution in [0.2, 0.25) is 0 Å². The zero-order valence-electron chi connectivity index (χ0n) is 20.7. The molecular weight excluding hydrogens is 461 g/mol. The number of rotatable bonds is 4. The number of amides is 1. The molecule has 2 aliphatic heterocycles. The number of hydrogen-bond acceptors (Lipinski definition) is 2. The second-order valence-corrected chi connectivity index (χ2v) is 11.5. The molecule has 4 aliphatic rings. The molecule has 6 heteroatoms. The molecule has 6 rings (SSSR count). The number of benzene rings is 2. The van der Waals surface area contributed by atoms with Crippen LogP contribution in [0.1, 0.15) is 67.1 Å². The molecule has 2 aromatic rings. The summed E-state index contributed by atoms with van der Waals surface area (Å²) in [7, 11) is 0. The van der Waals surface area contributed by atoms with Gasteiger partial charge in [0, 0.05) is 44.1 Å². The number of halogens is 3. The summed E-state index contributed by atoms with van der Waals surface area (Å²) >= 11 is 0. The van der Waals surface area contributed by atoms with Crippen LogP contribution < -0.4 is 0 Å². The lowest BCUT2D eigenvalue weighted by Gasteiger charge is -2.37. The van der Waals surface area contributed by atoms with Crippen LogP contribution in [0.5, 0.6) is 0 Å². The standard InChI is InChI=1S/C30H35F3N2O/c31-30(32,33)24-10-4-8-22(16-24)23-9-5-15-34(17-23)29(36)28-26-18-35(19-27(26)28)25-13-11-21(12-14-25)20-6-2-1-3-7-20/h1-4,6-8,10,16,21,23,25-28H,5,9,11-15,17-19H2/t21?,23?,25?,26-,27+,28?. The number of nitrogens with zero attached hydrogens (tertiary/aromatic N) is 2. The first-order valence-corrected chi connectivity index (χ1v) is 13.6. The summed E-state index contributed by atoms with van der Waals surface area (Å²) in [5.41, 5.74) is 1.57. The van der Waals surface area contributed by atoms with E-state index in [1.807, 2.05) is 4.90 Å². The summed E-state index contributed by atoms with van der Waals surface area (Å²) in [6, 6.07) is 17.2. The Bertz CT molecular complexity index is 1070. The van der Waals surface area contributed by atoms with Crippen molar-refractivity contribution >= 4 is 5.91 Å². The Hall–Kier alpha value is -2.34. The SMILES string of the molecule is O=C(C1[C@H]2CN(C3CCC(c4ccccc4)CC3)C[C@@H]12)N1CCCC(c2cccc(C(F)(F)F)c2)C1. The van der Waals surface area contributed by atoms with Crippen molar-refractivity contribution in [3.8, 4) is 0 Å². The Morgan fingerprint density at radius 3 is 2.17 bits per heavy atom. The van der Waals surface area contributed by atoms with E-state index in [9.17, 15) is 18.0 Å². The fourth-order valence-corrected chi connectivity index (χ4v) is 7.35. The minimum atomic E-state index is -4.34. The van der Waals surface area contributed by atoms with E-state index < -0.39 is 11.7 Å². The number of carbonyl (C=O) groups is 1. The molecule has 1 amide bonds. The monoisotopic (exact) mass is 496 g/mol. The van der Waals surface area contributed by atoms with Crippen LogP contribution in [0.4, 0.5) is 13.2 Å². The third kappa shape index (κ3) is 4.69. The van der Waals surface area contributed by atoms with Crippen LogP contribution in [0.3, 0.4) is 0 Å². The largest absolute Gasteiger partial charge is 0.416 e. The summed E-state index contributed by atoms with van der Waals surface area (Å²) in [5, 5.41) is 0. The van der Waals surface area contributed by atoms with Gasteiger partial charge in [0.15, 0.2) is 0 Å². The molecule has 0 N–H and O–H groups in total. The van der Waals surface area contributed by atoms with Crippen LogP contribution in [0, 0.1) is 17.8 Å². The Labute approximate surface area is 211 Å². The van der Waals surface area contributed by atoms with Crippen LogP contribution in [0.15, 0.2) is 54.6 Å². The summed E-state index contributed by atoms with van der Waals surface area (Å²) in [5.74, 6) is 1.98. The number of alkyl halides is 3. The average molecular weight is 497 g/mol. The maximum atomic E-state index is 13.4. The third-order valence-electron chi connectivity index (χ3n) is 9.41. The van der Waals surface area contributed by atoms with E-state index in [4.69, 9.17) is 0 Å². The van der Waals surface area contributed by atoms with Gasteiger partial charge in [-0.2, -0.15) is 13.2 Å². The molecule has 0 aromatic heterocycles. The van der Waals surface area contributed by atoms with Gasteiger partial charge in [-0.3, -0.25) is 9.69 Å². The minimum Gasteiger partial charge on any atom is -0.342 e. The van der Waals surface area contributed by atoms with Gasteiger partial charge in [0.05, 0.1) is 5.56 Å². The molecule has 4 fully saturated rings. The van der Waals surface area contributed by atoms with Crippen molar-refractivity contribution in [2.75, 3.05) is 26.2 Å². The summed E-state index contributed by atoms with van der Waals surface area (Å²) in [4.78, 5) is 18.0. The highest BCUT2D eigenvalue weighted by Gasteiger charge is 2.61. The molecule has 2 unspecified atom stereocenters. The number of likely N-dealkylation sites (tertiary alicyclic amines) is 2. The minimum absolute atomic E-state index is 0.0140. The van der Waals surface area contributed by atoms with Crippen LogP contribution in [-0.4, -0.2) is 47.9 Å². The van der Waals surface area contributed by atoms with Gasteiger partial charge >= 0.3 is 6.18 Å². The van der Waals surface area contributed by atoms with Gasteiger partial charge in [0.1, 0.15) is 0 Å². The second kappa shape index (κ2) is 9.51. The van der Waals surface area contributed by atoms with E-state index in [0.29, 0.717) is 35.9 Å². The van der Waals surface area contributed by atoms with E-state index in [1.54, 1.807) is 6.07 Å². The van der Waals surface area contributed by atoms with Gasteiger partial charge in [-0.05, 0) is 73.5 Å². The van der Waals surface area contributed by atoms with Crippen LogP contribution in [0.25, 0.3) is 0 Å². The van der Waals surface area contributed by atoms with Crippen molar-refractivity contribution in [1.82, 2.24) is 9.80 Å². The quantitative estimate of drug-likeness (QED) is 0.495. The Morgan fingerprint density at radius 2 is 1.47 bits per heavy atom. The van der Waals surface area contributed by atoms with Crippen molar-refractivity contribution in [3.05, 3.63) is 71.3 Å². The molecule has 2 aliphatic carbocycles. The van der Waals surface area contributed by atoms with Crippen molar-refractivity contribution in [2.24, 2.45) is 17.8 Å². The summed E-state index contributed by atoms with van der Waals surface area (Å²) < 4.78 is 39.5. The van der Waals surface area contributed by atoms with Gasteiger partial charge in [0.25, 0.3) is 0 Å².